The summed E-state index contributed by atoms with van der Waals surface area (Å²) in [5, 5.41) is 11.1. The molecule has 6 nitrogen and oxygen atoms in total. The highest BCUT2D eigenvalue weighted by Crippen LogP contribution is 2.54. The lowest BCUT2D eigenvalue weighted by molar-refractivity contribution is -0.154. The zero-order chi connectivity index (χ0) is 20.2. The lowest BCUT2D eigenvalue weighted by atomic mass is 9.62. The lowest BCUT2D eigenvalue weighted by Crippen LogP contribution is -2.51. The predicted molar refractivity (Wildman–Crippen MR) is 101 cm³/mol. The minimum atomic E-state index is -1.04. The van der Waals surface area contributed by atoms with Gasteiger partial charge in [-0.1, -0.05) is 24.1 Å². The largest absolute Gasteiger partial charge is 0.462 e. The molecule has 0 aromatic heterocycles. The fourth-order valence-electron chi connectivity index (χ4n) is 3.83. The predicted octanol–water partition coefficient (Wildman–Crippen LogP) is 1.77. The molecule has 6 heteroatoms. The highest BCUT2D eigenvalue weighted by molar-refractivity contribution is 5.67. The fourth-order valence-corrected chi connectivity index (χ4v) is 3.83. The molecule has 0 radical (unpaired) electrons. The van der Waals surface area contributed by atoms with Crippen LogP contribution in [0.25, 0.3) is 0 Å². The van der Waals surface area contributed by atoms with Gasteiger partial charge in [0.25, 0.3) is 0 Å². The van der Waals surface area contributed by atoms with E-state index in [-0.39, 0.29) is 18.5 Å². The van der Waals surface area contributed by atoms with Gasteiger partial charge in [-0.3, -0.25) is 9.59 Å². The third-order valence-corrected chi connectivity index (χ3v) is 4.98. The van der Waals surface area contributed by atoms with Crippen molar-refractivity contribution in [1.82, 2.24) is 0 Å². The van der Waals surface area contributed by atoms with Crippen molar-refractivity contribution < 1.29 is 24.2 Å². The molecule has 0 fully saturated rings. The third kappa shape index (κ3) is 3.99. The van der Waals surface area contributed by atoms with Crippen molar-refractivity contribution in [3.8, 4) is 12.3 Å². The Bertz CT molecular complexity index is 783. The summed E-state index contributed by atoms with van der Waals surface area (Å²) < 4.78 is 10.2. The van der Waals surface area contributed by atoms with E-state index in [1.54, 1.807) is 18.2 Å². The second-order valence-corrected chi connectivity index (χ2v) is 6.74. The summed E-state index contributed by atoms with van der Waals surface area (Å²) in [5.74, 6) is 1.56. The number of allylic oxidation sites excluding steroid dienone is 4. The van der Waals surface area contributed by atoms with Crippen molar-refractivity contribution in [3.05, 3.63) is 47.2 Å². The van der Waals surface area contributed by atoms with Crippen LogP contribution in [0.2, 0.25) is 0 Å². The number of terminal acetylenes is 1. The zero-order valence-electron chi connectivity index (χ0n) is 15.8. The number of hydrogen-bond acceptors (Lipinski definition) is 6. The molecule has 0 spiro atoms. The SMILES string of the molecule is C#C/C(=C(C)\C=C/COC(C)=O)[C@]12CC=C(N)C1C=C[C@H](OC(C)=O)[C@@H]2O. The molecule has 144 valence electrons. The van der Waals surface area contributed by atoms with E-state index in [2.05, 4.69) is 5.92 Å². The summed E-state index contributed by atoms with van der Waals surface area (Å²) in [6.45, 7) is 4.58. The van der Waals surface area contributed by atoms with Crippen LogP contribution in [-0.2, 0) is 19.1 Å². The minimum absolute atomic E-state index is 0.125. The second-order valence-electron chi connectivity index (χ2n) is 6.74. The van der Waals surface area contributed by atoms with E-state index < -0.39 is 23.6 Å². The highest BCUT2D eigenvalue weighted by atomic mass is 16.6. The number of nitrogens with two attached hydrogens (primary N) is 1. The molecule has 2 aliphatic carbocycles. The first-order valence-electron chi connectivity index (χ1n) is 8.71. The maximum absolute atomic E-state index is 11.4. The Balaban J connectivity index is 2.44. The van der Waals surface area contributed by atoms with E-state index in [0.717, 1.165) is 5.57 Å². The van der Waals surface area contributed by atoms with Gasteiger partial charge in [-0.2, -0.15) is 0 Å². The monoisotopic (exact) mass is 371 g/mol. The summed E-state index contributed by atoms with van der Waals surface area (Å²) >= 11 is 0. The van der Waals surface area contributed by atoms with Crippen molar-refractivity contribution >= 4 is 11.9 Å². The van der Waals surface area contributed by atoms with Gasteiger partial charge in [0, 0.05) is 36.5 Å². The number of aliphatic hydroxyl groups is 1. The van der Waals surface area contributed by atoms with Crippen molar-refractivity contribution in [2.75, 3.05) is 6.61 Å². The Labute approximate surface area is 159 Å². The molecule has 0 aliphatic heterocycles. The van der Waals surface area contributed by atoms with Gasteiger partial charge < -0.3 is 20.3 Å². The van der Waals surface area contributed by atoms with Gasteiger partial charge in [0.05, 0.1) is 0 Å². The average Bonchev–Trinajstić information content (AvgIpc) is 2.93. The summed E-state index contributed by atoms with van der Waals surface area (Å²) in [6, 6.07) is 0. The molecule has 2 aliphatic rings. The molecular weight excluding hydrogens is 346 g/mol. The topological polar surface area (TPSA) is 98.9 Å². The number of ether oxygens (including phenoxy) is 2. The molecule has 2 rings (SSSR count). The van der Waals surface area contributed by atoms with Gasteiger partial charge in [-0.25, -0.2) is 0 Å². The van der Waals surface area contributed by atoms with Crippen molar-refractivity contribution in [2.45, 2.75) is 39.4 Å². The summed E-state index contributed by atoms with van der Waals surface area (Å²) in [7, 11) is 0. The molecule has 3 N–H and O–H groups in total. The van der Waals surface area contributed by atoms with Crippen LogP contribution in [-0.4, -0.2) is 35.9 Å². The van der Waals surface area contributed by atoms with Crippen LogP contribution in [0.4, 0.5) is 0 Å². The number of carbonyl (C=O) groups is 2. The Kier molecular flexibility index (Phi) is 6.29. The van der Waals surface area contributed by atoms with E-state index in [1.165, 1.54) is 13.8 Å². The maximum Gasteiger partial charge on any atom is 0.303 e. The van der Waals surface area contributed by atoms with E-state index in [1.807, 2.05) is 19.1 Å². The fraction of sp³-hybridized carbons (Fsp3) is 0.429. The van der Waals surface area contributed by atoms with Crippen LogP contribution in [0, 0.1) is 23.7 Å². The van der Waals surface area contributed by atoms with E-state index in [0.29, 0.717) is 17.7 Å². The normalized spacial score (nSPS) is 30.2. The molecule has 0 saturated heterocycles. The van der Waals surface area contributed by atoms with Crippen LogP contribution in [0.15, 0.2) is 47.2 Å². The van der Waals surface area contributed by atoms with Crippen molar-refractivity contribution in [3.63, 3.8) is 0 Å². The molecule has 0 heterocycles. The average molecular weight is 371 g/mol. The molecule has 27 heavy (non-hydrogen) atoms. The minimum Gasteiger partial charge on any atom is -0.462 e. The van der Waals surface area contributed by atoms with Gasteiger partial charge in [0.2, 0.25) is 0 Å². The lowest BCUT2D eigenvalue weighted by Gasteiger charge is -2.45. The number of carbonyl (C=O) groups excluding carboxylic acids is 2. The molecule has 4 atom stereocenters. The molecule has 0 aromatic rings. The van der Waals surface area contributed by atoms with Crippen LogP contribution in [0.1, 0.15) is 27.2 Å². The Morgan fingerprint density at radius 2 is 2.07 bits per heavy atom. The first-order valence-corrected chi connectivity index (χ1v) is 8.71. The number of esters is 2. The molecule has 0 saturated carbocycles. The van der Waals surface area contributed by atoms with Gasteiger partial charge in [-0.15, -0.1) is 6.42 Å². The molecule has 0 bridgehead atoms. The highest BCUT2D eigenvalue weighted by Gasteiger charge is 2.55. The second kappa shape index (κ2) is 8.28. The molecular formula is C21H25NO5. The van der Waals surface area contributed by atoms with Crippen LogP contribution in [0.3, 0.4) is 0 Å². The van der Waals surface area contributed by atoms with Gasteiger partial charge in [0.1, 0.15) is 18.8 Å². The quantitative estimate of drug-likeness (QED) is 0.331. The van der Waals surface area contributed by atoms with Crippen LogP contribution in [0.5, 0.6) is 0 Å². The number of fused-ring (bicyclic) bond motifs is 1. The van der Waals surface area contributed by atoms with Gasteiger partial charge >= 0.3 is 11.9 Å². The number of rotatable bonds is 5. The molecule has 0 aromatic carbocycles. The summed E-state index contributed by atoms with van der Waals surface area (Å²) in [4.78, 5) is 22.3. The van der Waals surface area contributed by atoms with E-state index >= 15 is 0 Å². The third-order valence-electron chi connectivity index (χ3n) is 4.98. The zero-order valence-corrected chi connectivity index (χ0v) is 15.8. The molecule has 1 unspecified atom stereocenters. The van der Waals surface area contributed by atoms with Crippen LogP contribution >= 0.6 is 0 Å². The maximum atomic E-state index is 11.4. The Hall–Kier alpha value is -2.78. The Morgan fingerprint density at radius 3 is 2.67 bits per heavy atom. The van der Waals surface area contributed by atoms with Crippen molar-refractivity contribution in [2.24, 2.45) is 17.1 Å². The Morgan fingerprint density at radius 1 is 1.37 bits per heavy atom. The first-order chi connectivity index (χ1) is 12.7. The van der Waals surface area contributed by atoms with Crippen molar-refractivity contribution in [1.29, 1.82) is 0 Å². The van der Waals surface area contributed by atoms with E-state index in [4.69, 9.17) is 21.6 Å². The summed E-state index contributed by atoms with van der Waals surface area (Å²) in [6.07, 6.45) is 13.2. The first kappa shape index (κ1) is 20.5. The number of hydrogen-bond donors (Lipinski definition) is 2. The van der Waals surface area contributed by atoms with Gasteiger partial charge in [-0.05, 0) is 31.1 Å². The smallest absolute Gasteiger partial charge is 0.303 e. The number of aliphatic hydroxyl groups excluding tert-OH is 1. The van der Waals surface area contributed by atoms with Gasteiger partial charge in [0.15, 0.2) is 0 Å². The standard InChI is InChI=1S/C21H25NO5/c1-5-16(13(2)7-6-12-26-14(3)23)21-11-10-18(22)17(21)8-9-19(20(21)25)27-15(4)24/h1,6-10,17,19-20,25H,11-12,22H2,2-4H3/b7-6-,16-13+/t17?,19-,20-,21+/m0/s1. The van der Waals surface area contributed by atoms with Crippen LogP contribution < -0.4 is 5.73 Å². The molecule has 0 amide bonds. The summed E-state index contributed by atoms with van der Waals surface area (Å²) in [5.41, 5.74) is 7.22. The van der Waals surface area contributed by atoms with E-state index in [9.17, 15) is 14.7 Å².